The highest BCUT2D eigenvalue weighted by Crippen LogP contribution is 2.46. The highest BCUT2D eigenvalue weighted by Gasteiger charge is 2.33. The molecule has 0 saturated heterocycles. The van der Waals surface area contributed by atoms with Crippen LogP contribution in [0.2, 0.25) is 0 Å². The molecule has 0 aliphatic rings. The molecule has 0 unspecified atom stereocenters. The molecule has 0 bridgehead atoms. The lowest BCUT2D eigenvalue weighted by Gasteiger charge is -2.22. The van der Waals surface area contributed by atoms with Gasteiger partial charge in [0.2, 0.25) is 0 Å². The minimum absolute atomic E-state index is 0.428. The number of fused-ring (bicyclic) bond motifs is 6. The summed E-state index contributed by atoms with van der Waals surface area (Å²) in [6.45, 7) is 0. The maximum Gasteiger partial charge on any atom is 0.416 e. The van der Waals surface area contributed by atoms with E-state index in [-0.39, 0.29) is 0 Å². The van der Waals surface area contributed by atoms with E-state index in [2.05, 4.69) is 0 Å². The first kappa shape index (κ1) is 38.9. The summed E-state index contributed by atoms with van der Waals surface area (Å²) in [7, 11) is 0. The molecule has 3 heterocycles. The molecule has 0 radical (unpaired) electrons. The fourth-order valence-electron chi connectivity index (χ4n) is 8.98. The zero-order valence-corrected chi connectivity index (χ0v) is 33.5. The molecule has 0 atom stereocenters. The van der Waals surface area contributed by atoms with E-state index in [9.17, 15) is 26.3 Å². The number of para-hydroxylation sites is 3. The number of hydrogen-bond acceptors (Lipinski definition) is 2. The summed E-state index contributed by atoms with van der Waals surface area (Å²) in [6.07, 6.45) is -9.12. The van der Waals surface area contributed by atoms with Gasteiger partial charge in [0.15, 0.2) is 5.82 Å². The van der Waals surface area contributed by atoms with Gasteiger partial charge in [0.1, 0.15) is 0 Å². The van der Waals surface area contributed by atoms with E-state index in [1.54, 1.807) is 0 Å². The molecule has 0 spiro atoms. The monoisotopic (exact) mass is 850 g/mol. The van der Waals surface area contributed by atoms with E-state index in [1.165, 1.54) is 24.3 Å². The van der Waals surface area contributed by atoms with Crippen molar-refractivity contribution in [3.05, 3.63) is 205 Å². The first-order valence-electron chi connectivity index (χ1n) is 20.5. The molecule has 11 rings (SSSR count). The highest BCUT2D eigenvalue weighted by atomic mass is 19.4. The average Bonchev–Trinajstić information content (AvgIpc) is 3.83. The molecule has 0 amide bonds. The smallest absolute Gasteiger partial charge is 0.309 e. The minimum Gasteiger partial charge on any atom is -0.309 e. The van der Waals surface area contributed by atoms with Gasteiger partial charge in [-0.25, -0.2) is 9.97 Å². The number of hydrogen-bond donors (Lipinski definition) is 0. The zero-order valence-electron chi connectivity index (χ0n) is 33.5. The lowest BCUT2D eigenvalue weighted by molar-refractivity contribution is -0.138. The van der Waals surface area contributed by atoms with Gasteiger partial charge in [-0.2, -0.15) is 26.3 Å². The minimum atomic E-state index is -4.56. The predicted octanol–water partition coefficient (Wildman–Crippen LogP) is 15.4. The van der Waals surface area contributed by atoms with E-state index in [1.807, 2.05) is 167 Å². The van der Waals surface area contributed by atoms with Crippen LogP contribution in [0.1, 0.15) is 11.1 Å². The molecule has 0 aliphatic heterocycles. The van der Waals surface area contributed by atoms with E-state index in [0.29, 0.717) is 88.9 Å². The number of nitrogens with zero attached hydrogens (tertiary/aromatic N) is 4. The first-order valence-corrected chi connectivity index (χ1v) is 20.5. The number of alkyl halides is 6. The summed E-state index contributed by atoms with van der Waals surface area (Å²) in [5.41, 5.74) is 7.31. The van der Waals surface area contributed by atoms with Gasteiger partial charge < -0.3 is 9.13 Å². The van der Waals surface area contributed by atoms with E-state index in [0.717, 1.165) is 23.3 Å². The predicted molar refractivity (Wildman–Crippen MR) is 242 cm³/mol. The molecule has 11 aromatic rings. The molecule has 0 N–H and O–H groups in total. The zero-order chi connectivity index (χ0) is 43.7. The van der Waals surface area contributed by atoms with Crippen molar-refractivity contribution in [2.75, 3.05) is 0 Å². The van der Waals surface area contributed by atoms with Gasteiger partial charge in [-0.1, -0.05) is 127 Å². The Bertz CT molecular complexity index is 3530. The number of aromatic nitrogens is 4. The van der Waals surface area contributed by atoms with Crippen molar-refractivity contribution in [1.29, 1.82) is 0 Å². The van der Waals surface area contributed by atoms with Gasteiger partial charge >= 0.3 is 12.4 Å². The van der Waals surface area contributed by atoms with Gasteiger partial charge in [0.25, 0.3) is 0 Å². The van der Waals surface area contributed by atoms with Crippen LogP contribution in [-0.4, -0.2) is 19.1 Å². The van der Waals surface area contributed by atoms with Gasteiger partial charge in [0.05, 0.1) is 56.0 Å². The van der Waals surface area contributed by atoms with Crippen LogP contribution in [0.25, 0.3) is 100 Å². The van der Waals surface area contributed by atoms with Gasteiger partial charge in [-0.05, 0) is 66.7 Å². The Hall–Kier alpha value is -7.98. The van der Waals surface area contributed by atoms with Crippen molar-refractivity contribution >= 4 is 43.6 Å². The Morgan fingerprint density at radius 3 is 1.39 bits per heavy atom. The van der Waals surface area contributed by atoms with Crippen LogP contribution < -0.4 is 0 Å². The van der Waals surface area contributed by atoms with Crippen LogP contribution in [0.4, 0.5) is 26.3 Å². The molecule has 0 aliphatic carbocycles. The molecule has 3 aromatic heterocycles. The van der Waals surface area contributed by atoms with Crippen LogP contribution in [0, 0.1) is 0 Å². The quantitative estimate of drug-likeness (QED) is 0.156. The Morgan fingerprint density at radius 2 is 0.797 bits per heavy atom. The first-order chi connectivity index (χ1) is 31.0. The molecule has 0 fully saturated rings. The largest absolute Gasteiger partial charge is 0.416 e. The van der Waals surface area contributed by atoms with Crippen LogP contribution in [-0.2, 0) is 12.4 Å². The van der Waals surface area contributed by atoms with Gasteiger partial charge in [-0.3, -0.25) is 0 Å². The summed E-state index contributed by atoms with van der Waals surface area (Å²) in [4.78, 5) is 10.3. The van der Waals surface area contributed by atoms with E-state index in [4.69, 9.17) is 9.97 Å². The summed E-state index contributed by atoms with van der Waals surface area (Å²) in [5, 5.41) is 2.14. The standard InChI is InChI=1S/C54H32F6N4/c55-53(56,57)35-26-28-48-41(30-35)37-18-7-10-22-45(37)63(48)47-24-12-9-20-40(47)51-39(44-32-43(33-14-3-1-4-15-33)61-52(62-44)34-16-5-2-6-17-34)21-13-25-50(51)64-46-23-11-8-19-38(46)42-31-36(54(58,59)60)27-29-49(42)64/h1-32H. The Labute approximate surface area is 362 Å². The van der Waals surface area contributed by atoms with Crippen molar-refractivity contribution in [3.63, 3.8) is 0 Å². The van der Waals surface area contributed by atoms with Crippen molar-refractivity contribution in [2.24, 2.45) is 0 Å². The lowest BCUT2D eigenvalue weighted by Crippen LogP contribution is -2.06. The third kappa shape index (κ3) is 6.49. The van der Waals surface area contributed by atoms with Crippen molar-refractivity contribution in [1.82, 2.24) is 19.1 Å². The highest BCUT2D eigenvalue weighted by molar-refractivity contribution is 6.12. The fourth-order valence-corrected chi connectivity index (χ4v) is 8.98. The fraction of sp³-hybridized carbons (Fsp3) is 0.0370. The second-order valence-electron chi connectivity index (χ2n) is 15.6. The third-order valence-corrected chi connectivity index (χ3v) is 11.8. The van der Waals surface area contributed by atoms with E-state index >= 15 is 0 Å². The Morgan fingerprint density at radius 1 is 0.344 bits per heavy atom. The van der Waals surface area contributed by atoms with Crippen molar-refractivity contribution in [3.8, 4) is 56.4 Å². The maximum absolute atomic E-state index is 14.3. The maximum atomic E-state index is 14.3. The van der Waals surface area contributed by atoms with Crippen molar-refractivity contribution in [2.45, 2.75) is 12.4 Å². The number of benzene rings is 8. The summed E-state index contributed by atoms with van der Waals surface area (Å²) < 4.78 is 89.5. The second-order valence-corrected chi connectivity index (χ2v) is 15.6. The Balaban J connectivity index is 1.27. The summed E-state index contributed by atoms with van der Waals surface area (Å²) in [5.74, 6) is 0.487. The molecule has 10 heteroatoms. The molecular weight excluding hydrogens is 819 g/mol. The van der Waals surface area contributed by atoms with Gasteiger partial charge in [0, 0.05) is 49.4 Å². The van der Waals surface area contributed by atoms with E-state index < -0.39 is 23.5 Å². The third-order valence-electron chi connectivity index (χ3n) is 11.8. The van der Waals surface area contributed by atoms with Crippen LogP contribution in [0.15, 0.2) is 194 Å². The summed E-state index contributed by atoms with van der Waals surface area (Å²) in [6, 6.07) is 57.3. The topological polar surface area (TPSA) is 35.6 Å². The average molecular weight is 851 g/mol. The van der Waals surface area contributed by atoms with Gasteiger partial charge in [-0.15, -0.1) is 0 Å². The number of halogens is 6. The van der Waals surface area contributed by atoms with Crippen molar-refractivity contribution < 1.29 is 26.3 Å². The van der Waals surface area contributed by atoms with Crippen LogP contribution in [0.5, 0.6) is 0 Å². The number of rotatable bonds is 6. The Kier molecular flexibility index (Phi) is 9.02. The second kappa shape index (κ2) is 14.8. The SMILES string of the molecule is FC(F)(F)c1ccc2c(c1)c1ccccc1n2-c1ccccc1-c1c(-c2cc(-c3ccccc3)nc(-c3ccccc3)n2)cccc1-n1c2ccccc2c2cc(C(F)(F)F)ccc21. The molecule has 64 heavy (non-hydrogen) atoms. The molecule has 4 nitrogen and oxygen atoms in total. The molecule has 0 saturated carbocycles. The molecule has 8 aromatic carbocycles. The normalized spacial score (nSPS) is 12.2. The molecular formula is C54H32F6N4. The molecule has 310 valence electrons. The summed E-state index contributed by atoms with van der Waals surface area (Å²) >= 11 is 0. The van der Waals surface area contributed by atoms with Crippen LogP contribution in [0.3, 0.4) is 0 Å². The van der Waals surface area contributed by atoms with Crippen LogP contribution >= 0.6 is 0 Å². The lowest BCUT2D eigenvalue weighted by atomic mass is 9.93.